The minimum atomic E-state index is 0.201. The molecule has 0 unspecified atom stereocenters. The van der Waals surface area contributed by atoms with E-state index in [0.29, 0.717) is 12.6 Å². The Balaban J connectivity index is 2.11. The van der Waals surface area contributed by atoms with Gasteiger partial charge in [-0.25, -0.2) is 4.98 Å². The van der Waals surface area contributed by atoms with Crippen molar-refractivity contribution in [2.45, 2.75) is 31.7 Å². The van der Waals surface area contributed by atoms with Crippen LogP contribution in [0.4, 0.5) is 5.82 Å². The van der Waals surface area contributed by atoms with Gasteiger partial charge < -0.3 is 10.0 Å². The van der Waals surface area contributed by atoms with Gasteiger partial charge in [0.05, 0.1) is 6.61 Å². The Hall–Kier alpha value is -1.09. The molecule has 1 saturated carbocycles. The molecule has 0 amide bonds. The standard InChI is InChI=1S/C12H18N2O/c15-10-9-14(11-5-1-2-6-11)12-7-3-4-8-13-12/h3-4,7-8,11,15H,1-2,5-6,9-10H2. The van der Waals surface area contributed by atoms with Crippen LogP contribution in [0.1, 0.15) is 25.7 Å². The first-order chi connectivity index (χ1) is 7.42. The molecule has 3 nitrogen and oxygen atoms in total. The van der Waals surface area contributed by atoms with E-state index in [0.717, 1.165) is 5.82 Å². The van der Waals surface area contributed by atoms with Crippen molar-refractivity contribution in [3.63, 3.8) is 0 Å². The van der Waals surface area contributed by atoms with Crippen molar-refractivity contribution in [3.8, 4) is 0 Å². The minimum absolute atomic E-state index is 0.201. The number of rotatable bonds is 4. The van der Waals surface area contributed by atoms with E-state index in [-0.39, 0.29) is 6.61 Å². The second-order valence-corrected chi connectivity index (χ2v) is 4.04. The third-order valence-corrected chi connectivity index (χ3v) is 3.05. The Kier molecular flexibility index (Phi) is 3.56. The highest BCUT2D eigenvalue weighted by atomic mass is 16.3. The summed E-state index contributed by atoms with van der Waals surface area (Å²) in [6.45, 7) is 0.898. The summed E-state index contributed by atoms with van der Waals surface area (Å²) < 4.78 is 0. The number of aliphatic hydroxyl groups is 1. The molecular weight excluding hydrogens is 188 g/mol. The van der Waals surface area contributed by atoms with Crippen molar-refractivity contribution in [3.05, 3.63) is 24.4 Å². The molecule has 0 radical (unpaired) electrons. The molecule has 1 N–H and O–H groups in total. The van der Waals surface area contributed by atoms with Gasteiger partial charge in [-0.1, -0.05) is 18.9 Å². The van der Waals surface area contributed by atoms with Gasteiger partial charge >= 0.3 is 0 Å². The second-order valence-electron chi connectivity index (χ2n) is 4.04. The molecule has 3 heteroatoms. The molecule has 0 aromatic carbocycles. The maximum atomic E-state index is 9.09. The number of nitrogens with zero attached hydrogens (tertiary/aromatic N) is 2. The van der Waals surface area contributed by atoms with E-state index in [2.05, 4.69) is 9.88 Å². The van der Waals surface area contributed by atoms with Crippen molar-refractivity contribution in [1.29, 1.82) is 0 Å². The summed E-state index contributed by atoms with van der Waals surface area (Å²) in [6, 6.07) is 6.53. The van der Waals surface area contributed by atoms with Gasteiger partial charge in [0.25, 0.3) is 0 Å². The summed E-state index contributed by atoms with van der Waals surface area (Å²) in [6.07, 6.45) is 6.89. The second kappa shape index (κ2) is 5.12. The van der Waals surface area contributed by atoms with Crippen LogP contribution in [0.2, 0.25) is 0 Å². The molecule has 82 valence electrons. The maximum Gasteiger partial charge on any atom is 0.128 e. The summed E-state index contributed by atoms with van der Waals surface area (Å²) >= 11 is 0. The molecule has 0 atom stereocenters. The van der Waals surface area contributed by atoms with E-state index < -0.39 is 0 Å². The molecule has 1 aliphatic rings. The van der Waals surface area contributed by atoms with Crippen LogP contribution >= 0.6 is 0 Å². The summed E-state index contributed by atoms with van der Waals surface area (Å²) in [5.74, 6) is 0.999. The topological polar surface area (TPSA) is 36.4 Å². The quantitative estimate of drug-likeness (QED) is 0.816. The Bertz CT molecular complexity index is 283. The Labute approximate surface area is 90.8 Å². The highest BCUT2D eigenvalue weighted by Crippen LogP contribution is 2.26. The van der Waals surface area contributed by atoms with Gasteiger partial charge in [-0.15, -0.1) is 0 Å². The van der Waals surface area contributed by atoms with Crippen molar-refractivity contribution in [2.75, 3.05) is 18.1 Å². The fourth-order valence-electron chi connectivity index (χ4n) is 2.33. The van der Waals surface area contributed by atoms with Crippen molar-refractivity contribution in [1.82, 2.24) is 4.98 Å². The summed E-state index contributed by atoms with van der Waals surface area (Å²) in [5.41, 5.74) is 0. The summed E-state index contributed by atoms with van der Waals surface area (Å²) in [4.78, 5) is 6.60. The largest absolute Gasteiger partial charge is 0.395 e. The van der Waals surface area contributed by atoms with Crippen LogP contribution in [0, 0.1) is 0 Å². The molecule has 1 aromatic heterocycles. The van der Waals surface area contributed by atoms with E-state index >= 15 is 0 Å². The third kappa shape index (κ3) is 2.48. The number of hydrogen-bond acceptors (Lipinski definition) is 3. The first kappa shape index (κ1) is 10.4. The molecule has 1 aliphatic carbocycles. The van der Waals surface area contributed by atoms with Crippen LogP contribution in [0.3, 0.4) is 0 Å². The summed E-state index contributed by atoms with van der Waals surface area (Å²) in [7, 11) is 0. The van der Waals surface area contributed by atoms with E-state index in [9.17, 15) is 0 Å². The van der Waals surface area contributed by atoms with E-state index in [1.54, 1.807) is 0 Å². The normalized spacial score (nSPS) is 16.9. The van der Waals surface area contributed by atoms with Crippen LogP contribution in [-0.2, 0) is 0 Å². The van der Waals surface area contributed by atoms with Crippen LogP contribution in [0.15, 0.2) is 24.4 Å². The lowest BCUT2D eigenvalue weighted by molar-refractivity contribution is 0.297. The summed E-state index contributed by atoms with van der Waals surface area (Å²) in [5, 5.41) is 9.09. The third-order valence-electron chi connectivity index (χ3n) is 3.05. The molecule has 0 spiro atoms. The van der Waals surface area contributed by atoms with Gasteiger partial charge in [0.1, 0.15) is 5.82 Å². The zero-order valence-corrected chi connectivity index (χ0v) is 8.97. The molecule has 15 heavy (non-hydrogen) atoms. The lowest BCUT2D eigenvalue weighted by Gasteiger charge is -2.29. The zero-order valence-electron chi connectivity index (χ0n) is 8.97. The lowest BCUT2D eigenvalue weighted by Crippen LogP contribution is -2.36. The first-order valence-corrected chi connectivity index (χ1v) is 5.70. The SMILES string of the molecule is OCCN(c1ccccn1)C1CCCC1. The molecular formula is C12H18N2O. The zero-order chi connectivity index (χ0) is 10.5. The maximum absolute atomic E-state index is 9.09. The lowest BCUT2D eigenvalue weighted by atomic mass is 10.2. The van der Waals surface area contributed by atoms with Gasteiger partial charge in [-0.05, 0) is 25.0 Å². The van der Waals surface area contributed by atoms with Gasteiger partial charge in [0, 0.05) is 18.8 Å². The van der Waals surface area contributed by atoms with Gasteiger partial charge in [0.2, 0.25) is 0 Å². The first-order valence-electron chi connectivity index (χ1n) is 5.70. The predicted molar refractivity (Wildman–Crippen MR) is 60.9 cm³/mol. The molecule has 1 heterocycles. The predicted octanol–water partition coefficient (Wildman–Crippen LogP) is 1.82. The van der Waals surface area contributed by atoms with Crippen LogP contribution in [0.25, 0.3) is 0 Å². The van der Waals surface area contributed by atoms with E-state index in [1.165, 1.54) is 25.7 Å². The van der Waals surface area contributed by atoms with E-state index in [4.69, 9.17) is 5.11 Å². The Morgan fingerprint density at radius 1 is 1.33 bits per heavy atom. The number of pyridine rings is 1. The van der Waals surface area contributed by atoms with Crippen molar-refractivity contribution < 1.29 is 5.11 Å². The van der Waals surface area contributed by atoms with Crippen LogP contribution in [0.5, 0.6) is 0 Å². The fourth-order valence-corrected chi connectivity index (χ4v) is 2.33. The molecule has 0 saturated heterocycles. The number of aliphatic hydroxyl groups excluding tert-OH is 1. The molecule has 0 aliphatic heterocycles. The molecule has 0 bridgehead atoms. The highest BCUT2D eigenvalue weighted by Gasteiger charge is 2.22. The number of aromatic nitrogens is 1. The number of anilines is 1. The van der Waals surface area contributed by atoms with Gasteiger partial charge in [-0.2, -0.15) is 0 Å². The molecule has 1 fully saturated rings. The molecule has 1 aromatic rings. The fraction of sp³-hybridized carbons (Fsp3) is 0.583. The molecule has 2 rings (SSSR count). The van der Waals surface area contributed by atoms with Gasteiger partial charge in [0.15, 0.2) is 0 Å². The minimum Gasteiger partial charge on any atom is -0.395 e. The average Bonchev–Trinajstić information content (AvgIpc) is 2.80. The Morgan fingerprint density at radius 2 is 2.13 bits per heavy atom. The number of hydrogen-bond donors (Lipinski definition) is 1. The van der Waals surface area contributed by atoms with Crippen molar-refractivity contribution in [2.24, 2.45) is 0 Å². The van der Waals surface area contributed by atoms with Crippen LogP contribution in [-0.4, -0.2) is 29.3 Å². The van der Waals surface area contributed by atoms with Crippen LogP contribution < -0.4 is 4.90 Å². The monoisotopic (exact) mass is 206 g/mol. The smallest absolute Gasteiger partial charge is 0.128 e. The highest BCUT2D eigenvalue weighted by molar-refractivity contribution is 5.39. The average molecular weight is 206 g/mol. The van der Waals surface area contributed by atoms with Gasteiger partial charge in [-0.3, -0.25) is 0 Å². The Morgan fingerprint density at radius 3 is 2.73 bits per heavy atom. The van der Waals surface area contributed by atoms with Crippen molar-refractivity contribution >= 4 is 5.82 Å². The van der Waals surface area contributed by atoms with E-state index in [1.807, 2.05) is 24.4 Å².